The van der Waals surface area contributed by atoms with E-state index in [9.17, 15) is 13.6 Å². The van der Waals surface area contributed by atoms with Crippen molar-refractivity contribution in [2.24, 2.45) is 11.1 Å². The van der Waals surface area contributed by atoms with Gasteiger partial charge >= 0.3 is 0 Å². The van der Waals surface area contributed by atoms with E-state index in [2.05, 4.69) is 5.16 Å². The molecule has 27 heavy (non-hydrogen) atoms. The zero-order valence-electron chi connectivity index (χ0n) is 15.4. The van der Waals surface area contributed by atoms with Gasteiger partial charge in [0.15, 0.2) is 6.10 Å². The quantitative estimate of drug-likeness (QED) is 0.765. The Hall–Kier alpha value is -2.76. The number of oxime groups is 1. The van der Waals surface area contributed by atoms with Crippen molar-refractivity contribution in [2.75, 3.05) is 6.54 Å². The van der Waals surface area contributed by atoms with Crippen LogP contribution in [0.25, 0.3) is 0 Å². The lowest BCUT2D eigenvalue weighted by Gasteiger charge is -2.26. The minimum atomic E-state index is -0.349. The highest BCUT2D eigenvalue weighted by atomic mass is 19.1. The predicted octanol–water partition coefficient (Wildman–Crippen LogP) is 4.14. The van der Waals surface area contributed by atoms with Crippen LogP contribution < -0.4 is 0 Å². The molecule has 142 valence electrons. The zero-order chi connectivity index (χ0) is 19.4. The van der Waals surface area contributed by atoms with Gasteiger partial charge in [0.2, 0.25) is 5.91 Å². The average Bonchev–Trinajstić information content (AvgIpc) is 3.11. The van der Waals surface area contributed by atoms with Crippen LogP contribution in [-0.4, -0.2) is 29.2 Å². The minimum Gasteiger partial charge on any atom is -0.390 e. The summed E-state index contributed by atoms with van der Waals surface area (Å²) in [6.45, 7) is 4.06. The maximum Gasteiger partial charge on any atom is 0.225 e. The summed E-state index contributed by atoms with van der Waals surface area (Å²) in [5, 5.41) is 4.05. The van der Waals surface area contributed by atoms with Crippen LogP contribution in [0.4, 0.5) is 8.78 Å². The van der Waals surface area contributed by atoms with E-state index in [0.29, 0.717) is 23.3 Å². The summed E-state index contributed by atoms with van der Waals surface area (Å²) in [5.41, 5.74) is 1.76. The van der Waals surface area contributed by atoms with Gasteiger partial charge in [-0.05, 0) is 18.2 Å². The number of nitrogens with zero attached hydrogens (tertiary/aromatic N) is 2. The summed E-state index contributed by atoms with van der Waals surface area (Å²) in [6.07, 6.45) is 0.112. The molecule has 1 amide bonds. The molecule has 0 N–H and O–H groups in total. The molecule has 0 saturated heterocycles. The fraction of sp³-hybridized carbons (Fsp3) is 0.333. The second kappa shape index (κ2) is 8.29. The van der Waals surface area contributed by atoms with Gasteiger partial charge in [0.25, 0.3) is 0 Å². The van der Waals surface area contributed by atoms with Crippen molar-refractivity contribution in [3.63, 3.8) is 0 Å². The highest BCUT2D eigenvalue weighted by Crippen LogP contribution is 2.20. The maximum atomic E-state index is 14.0. The van der Waals surface area contributed by atoms with Crippen LogP contribution >= 0.6 is 0 Å². The first kappa shape index (κ1) is 19.0. The number of hydrogen-bond acceptors (Lipinski definition) is 3. The molecule has 0 bridgehead atoms. The van der Waals surface area contributed by atoms with E-state index in [1.165, 1.54) is 18.2 Å². The van der Waals surface area contributed by atoms with E-state index in [0.717, 1.165) is 0 Å². The molecule has 0 unspecified atom stereocenters. The van der Waals surface area contributed by atoms with Crippen molar-refractivity contribution in [1.29, 1.82) is 0 Å². The lowest BCUT2D eigenvalue weighted by Crippen LogP contribution is -2.39. The van der Waals surface area contributed by atoms with Crippen molar-refractivity contribution in [1.82, 2.24) is 4.90 Å². The Morgan fingerprint density at radius 1 is 1.22 bits per heavy atom. The largest absolute Gasteiger partial charge is 0.390 e. The molecule has 1 atom stereocenters. The van der Waals surface area contributed by atoms with Gasteiger partial charge in [-0.15, -0.1) is 0 Å². The van der Waals surface area contributed by atoms with Crippen molar-refractivity contribution >= 4 is 11.6 Å². The first-order chi connectivity index (χ1) is 12.9. The molecule has 3 rings (SSSR count). The fourth-order valence-corrected chi connectivity index (χ4v) is 3.04. The third-order valence-corrected chi connectivity index (χ3v) is 4.44. The monoisotopic (exact) mass is 372 g/mol. The molecule has 0 spiro atoms. The Morgan fingerprint density at radius 3 is 2.70 bits per heavy atom. The van der Waals surface area contributed by atoms with E-state index in [4.69, 9.17) is 4.84 Å². The molecule has 1 aliphatic rings. The molecule has 0 saturated carbocycles. The highest BCUT2D eigenvalue weighted by Gasteiger charge is 2.28. The first-order valence-corrected chi connectivity index (χ1v) is 8.95. The Balaban J connectivity index is 1.70. The Bertz CT molecular complexity index is 852. The number of amides is 1. The zero-order valence-corrected chi connectivity index (χ0v) is 15.4. The lowest BCUT2D eigenvalue weighted by atomic mass is 10.0. The molecule has 2 aromatic carbocycles. The minimum absolute atomic E-state index is 0.0824. The standard InChI is InChI=1S/C21H22F2N2O2/c1-14(2)21(26)25(12-16-6-3-4-9-19(16)23)13-18-11-20(24-27-18)15-7-5-8-17(22)10-15/h3-10,14,18H,11-13H2,1-2H3/t18-/m1/s1. The average molecular weight is 372 g/mol. The van der Waals surface area contributed by atoms with Gasteiger partial charge < -0.3 is 9.74 Å². The van der Waals surface area contributed by atoms with Gasteiger partial charge in [-0.25, -0.2) is 8.78 Å². The molecule has 4 nitrogen and oxygen atoms in total. The summed E-state index contributed by atoms with van der Waals surface area (Å²) >= 11 is 0. The summed E-state index contributed by atoms with van der Waals surface area (Å²) in [5.74, 6) is -0.985. The second-order valence-corrected chi connectivity index (χ2v) is 6.94. The summed E-state index contributed by atoms with van der Waals surface area (Å²) in [6, 6.07) is 12.6. The van der Waals surface area contributed by atoms with Crippen LogP contribution in [0.1, 0.15) is 31.4 Å². The molecule has 2 aromatic rings. The van der Waals surface area contributed by atoms with Crippen LogP contribution in [0.2, 0.25) is 0 Å². The molecule has 0 aromatic heterocycles. The molecule has 0 fully saturated rings. The topological polar surface area (TPSA) is 41.9 Å². The number of carbonyl (C=O) groups excluding carboxylic acids is 1. The fourth-order valence-electron chi connectivity index (χ4n) is 3.04. The van der Waals surface area contributed by atoms with Crippen molar-refractivity contribution in [3.05, 3.63) is 71.3 Å². The van der Waals surface area contributed by atoms with Gasteiger partial charge in [-0.2, -0.15) is 0 Å². The van der Waals surface area contributed by atoms with Crippen LogP contribution in [0.3, 0.4) is 0 Å². The Morgan fingerprint density at radius 2 is 2.00 bits per heavy atom. The summed E-state index contributed by atoms with van der Waals surface area (Å²) < 4.78 is 27.4. The molecule has 0 aliphatic carbocycles. The SMILES string of the molecule is CC(C)C(=O)N(Cc1ccccc1F)C[C@H]1CC(c2cccc(F)c2)=NO1. The van der Waals surface area contributed by atoms with E-state index in [-0.39, 0.29) is 42.7 Å². The normalized spacial score (nSPS) is 16.2. The number of rotatable bonds is 6. The van der Waals surface area contributed by atoms with Gasteiger partial charge in [-0.1, -0.05) is 49.3 Å². The molecular formula is C21H22F2N2O2. The molecule has 0 radical (unpaired) electrons. The van der Waals surface area contributed by atoms with E-state index in [1.807, 2.05) is 0 Å². The van der Waals surface area contributed by atoms with Crippen molar-refractivity contribution in [3.8, 4) is 0 Å². The first-order valence-electron chi connectivity index (χ1n) is 8.95. The number of halogens is 2. The van der Waals surface area contributed by atoms with E-state index >= 15 is 0 Å². The van der Waals surface area contributed by atoms with Crippen molar-refractivity contribution < 1.29 is 18.4 Å². The molecule has 1 aliphatic heterocycles. The smallest absolute Gasteiger partial charge is 0.225 e. The van der Waals surface area contributed by atoms with Crippen LogP contribution in [0, 0.1) is 17.6 Å². The third-order valence-electron chi connectivity index (χ3n) is 4.44. The summed E-state index contributed by atoms with van der Waals surface area (Å²) in [7, 11) is 0. The number of carbonyl (C=O) groups is 1. The molecular weight excluding hydrogens is 350 g/mol. The number of benzene rings is 2. The van der Waals surface area contributed by atoms with E-state index in [1.54, 1.807) is 49.1 Å². The van der Waals surface area contributed by atoms with Gasteiger partial charge in [-0.3, -0.25) is 4.79 Å². The van der Waals surface area contributed by atoms with Gasteiger partial charge in [0.1, 0.15) is 11.6 Å². The lowest BCUT2D eigenvalue weighted by molar-refractivity contribution is -0.137. The van der Waals surface area contributed by atoms with Gasteiger partial charge in [0.05, 0.1) is 12.3 Å². The van der Waals surface area contributed by atoms with Crippen molar-refractivity contribution in [2.45, 2.75) is 32.9 Å². The Labute approximate surface area is 157 Å². The summed E-state index contributed by atoms with van der Waals surface area (Å²) in [4.78, 5) is 19.7. The Kier molecular flexibility index (Phi) is 5.84. The second-order valence-electron chi connectivity index (χ2n) is 6.94. The van der Waals surface area contributed by atoms with Crippen LogP contribution in [0.15, 0.2) is 53.7 Å². The maximum absolute atomic E-state index is 14.0. The highest BCUT2D eigenvalue weighted by molar-refractivity contribution is 6.01. The van der Waals surface area contributed by atoms with Gasteiger partial charge in [0, 0.05) is 30.0 Å². The van der Waals surface area contributed by atoms with Crippen LogP contribution in [-0.2, 0) is 16.2 Å². The molecule has 6 heteroatoms. The molecule has 1 heterocycles. The number of hydrogen-bond donors (Lipinski definition) is 0. The predicted molar refractivity (Wildman–Crippen MR) is 99.1 cm³/mol. The van der Waals surface area contributed by atoms with E-state index < -0.39 is 0 Å². The third kappa shape index (κ3) is 4.70. The van der Waals surface area contributed by atoms with Crippen LogP contribution in [0.5, 0.6) is 0 Å².